The summed E-state index contributed by atoms with van der Waals surface area (Å²) in [6.07, 6.45) is 0. The number of piperazine rings is 1. The van der Waals surface area contributed by atoms with Crippen LogP contribution >= 0.6 is 0 Å². The fourth-order valence-electron chi connectivity index (χ4n) is 1.90. The Kier molecular flexibility index (Phi) is 4.08. The molecule has 1 fully saturated rings. The van der Waals surface area contributed by atoms with E-state index in [-0.39, 0.29) is 11.8 Å². The zero-order valence-corrected chi connectivity index (χ0v) is 9.79. The zero-order valence-electron chi connectivity index (χ0n) is 9.79. The van der Waals surface area contributed by atoms with Gasteiger partial charge < -0.3 is 0 Å². The number of hydrogen-bond acceptors (Lipinski definition) is 3. The van der Waals surface area contributed by atoms with Crippen LogP contribution in [0.2, 0.25) is 0 Å². The molecule has 1 atom stereocenters. The van der Waals surface area contributed by atoms with E-state index in [0.29, 0.717) is 6.04 Å². The van der Waals surface area contributed by atoms with Crippen molar-refractivity contribution in [1.82, 2.24) is 9.80 Å². The zero-order chi connectivity index (χ0) is 10.7. The molecule has 3 heteroatoms. The third kappa shape index (κ3) is 2.79. The van der Waals surface area contributed by atoms with E-state index in [2.05, 4.69) is 23.6 Å². The molecule has 1 unspecified atom stereocenters. The number of Topliss-reactive ketones (excluding diaryl/α,β-unsaturated/α-hetero) is 1. The van der Waals surface area contributed by atoms with Gasteiger partial charge in [0.1, 0.15) is 5.78 Å². The molecule has 0 aromatic heterocycles. The van der Waals surface area contributed by atoms with Crippen molar-refractivity contribution < 1.29 is 4.79 Å². The van der Waals surface area contributed by atoms with Crippen molar-refractivity contribution in [3.8, 4) is 0 Å². The second kappa shape index (κ2) is 4.89. The van der Waals surface area contributed by atoms with Gasteiger partial charge in [-0.2, -0.15) is 0 Å². The Balaban J connectivity index is 2.39. The van der Waals surface area contributed by atoms with Crippen molar-refractivity contribution in [1.29, 1.82) is 0 Å². The van der Waals surface area contributed by atoms with Gasteiger partial charge in [0.2, 0.25) is 0 Å². The van der Waals surface area contributed by atoms with Crippen molar-refractivity contribution in [2.75, 3.05) is 26.2 Å². The van der Waals surface area contributed by atoms with Crippen LogP contribution in [0.25, 0.3) is 0 Å². The van der Waals surface area contributed by atoms with Crippen molar-refractivity contribution in [3.63, 3.8) is 0 Å². The lowest BCUT2D eigenvalue weighted by Crippen LogP contribution is -2.52. The molecule has 1 aliphatic rings. The first-order chi connectivity index (χ1) is 6.52. The lowest BCUT2D eigenvalue weighted by atomic mass is 10.1. The molecular weight excluding hydrogens is 176 g/mol. The molecule has 1 heterocycles. The maximum absolute atomic E-state index is 11.2. The maximum Gasteiger partial charge on any atom is 0.146 e. The van der Waals surface area contributed by atoms with E-state index >= 15 is 0 Å². The maximum atomic E-state index is 11.2. The Hall–Kier alpha value is -0.410. The van der Waals surface area contributed by atoms with Crippen molar-refractivity contribution in [3.05, 3.63) is 0 Å². The molecule has 0 spiro atoms. The lowest BCUT2D eigenvalue weighted by molar-refractivity contribution is -0.122. The lowest BCUT2D eigenvalue weighted by Gasteiger charge is -2.39. The highest BCUT2D eigenvalue weighted by Gasteiger charge is 2.23. The van der Waals surface area contributed by atoms with Crippen LogP contribution in [0.15, 0.2) is 0 Å². The van der Waals surface area contributed by atoms with Crippen LogP contribution in [0, 0.1) is 0 Å². The molecule has 1 aliphatic heterocycles. The van der Waals surface area contributed by atoms with E-state index in [1.807, 2.05) is 6.92 Å². The SMILES string of the molecule is CC(=O)C(C)N1CCN(C(C)C)CC1. The number of nitrogens with zero attached hydrogens (tertiary/aromatic N) is 2. The highest BCUT2D eigenvalue weighted by Crippen LogP contribution is 2.09. The summed E-state index contributed by atoms with van der Waals surface area (Å²) in [6, 6.07) is 0.731. The average Bonchev–Trinajstić information content (AvgIpc) is 2.16. The van der Waals surface area contributed by atoms with E-state index in [1.165, 1.54) is 0 Å². The largest absolute Gasteiger partial charge is 0.298 e. The van der Waals surface area contributed by atoms with Gasteiger partial charge in [-0.3, -0.25) is 14.6 Å². The first-order valence-corrected chi connectivity index (χ1v) is 5.51. The van der Waals surface area contributed by atoms with Gasteiger partial charge in [0, 0.05) is 32.2 Å². The number of ketones is 1. The Morgan fingerprint density at radius 2 is 1.43 bits per heavy atom. The molecule has 0 aromatic carbocycles. The molecule has 0 bridgehead atoms. The van der Waals surface area contributed by atoms with Crippen LogP contribution in [-0.2, 0) is 4.79 Å². The molecule has 0 radical (unpaired) electrons. The Morgan fingerprint density at radius 1 is 1.00 bits per heavy atom. The monoisotopic (exact) mass is 198 g/mol. The number of carbonyl (C=O) groups excluding carboxylic acids is 1. The van der Waals surface area contributed by atoms with Crippen LogP contribution in [-0.4, -0.2) is 53.8 Å². The molecule has 1 rings (SSSR count). The third-order valence-electron chi connectivity index (χ3n) is 3.22. The first-order valence-electron chi connectivity index (χ1n) is 5.51. The molecule has 3 nitrogen and oxygen atoms in total. The molecule has 1 saturated heterocycles. The molecule has 0 aromatic rings. The summed E-state index contributed by atoms with van der Waals surface area (Å²) in [4.78, 5) is 15.9. The predicted molar refractivity (Wildman–Crippen MR) is 58.4 cm³/mol. The third-order valence-corrected chi connectivity index (χ3v) is 3.22. The standard InChI is InChI=1S/C11H22N2O/c1-9(2)12-5-7-13(8-6-12)10(3)11(4)14/h9-10H,5-8H2,1-4H3. The number of carbonyl (C=O) groups is 1. The summed E-state index contributed by atoms with van der Waals surface area (Å²) in [5.41, 5.74) is 0. The van der Waals surface area contributed by atoms with Crippen LogP contribution in [0.3, 0.4) is 0 Å². The average molecular weight is 198 g/mol. The van der Waals surface area contributed by atoms with Gasteiger partial charge >= 0.3 is 0 Å². The van der Waals surface area contributed by atoms with Gasteiger partial charge in [-0.1, -0.05) is 0 Å². The molecule has 0 amide bonds. The Bertz CT molecular complexity index is 195. The van der Waals surface area contributed by atoms with Gasteiger partial charge in [0.05, 0.1) is 6.04 Å². The fraction of sp³-hybridized carbons (Fsp3) is 0.909. The smallest absolute Gasteiger partial charge is 0.146 e. The van der Waals surface area contributed by atoms with Gasteiger partial charge in [0.15, 0.2) is 0 Å². The van der Waals surface area contributed by atoms with Crippen LogP contribution < -0.4 is 0 Å². The normalized spacial score (nSPS) is 22.6. The molecule has 0 N–H and O–H groups in total. The van der Waals surface area contributed by atoms with E-state index in [4.69, 9.17) is 0 Å². The quantitative estimate of drug-likeness (QED) is 0.675. The van der Waals surface area contributed by atoms with E-state index < -0.39 is 0 Å². The predicted octanol–water partition coefficient (Wildman–Crippen LogP) is 0.990. The molecular formula is C11H22N2O. The van der Waals surface area contributed by atoms with Gasteiger partial charge in [-0.05, 0) is 27.7 Å². The van der Waals surface area contributed by atoms with Gasteiger partial charge in [-0.25, -0.2) is 0 Å². The van der Waals surface area contributed by atoms with Crippen molar-refractivity contribution in [2.24, 2.45) is 0 Å². The number of rotatable bonds is 3. The van der Waals surface area contributed by atoms with Gasteiger partial charge in [-0.15, -0.1) is 0 Å². The highest BCUT2D eigenvalue weighted by atomic mass is 16.1. The minimum atomic E-state index is 0.101. The van der Waals surface area contributed by atoms with Gasteiger partial charge in [0.25, 0.3) is 0 Å². The minimum absolute atomic E-state index is 0.101. The van der Waals surface area contributed by atoms with Crippen molar-refractivity contribution >= 4 is 5.78 Å². The topological polar surface area (TPSA) is 23.6 Å². The fourth-order valence-corrected chi connectivity index (χ4v) is 1.90. The Morgan fingerprint density at radius 3 is 1.79 bits per heavy atom. The summed E-state index contributed by atoms with van der Waals surface area (Å²) < 4.78 is 0. The van der Waals surface area contributed by atoms with Crippen molar-refractivity contribution in [2.45, 2.75) is 39.8 Å². The summed E-state index contributed by atoms with van der Waals surface area (Å²) in [6.45, 7) is 12.4. The van der Waals surface area contributed by atoms with E-state index in [0.717, 1.165) is 26.2 Å². The number of hydrogen-bond donors (Lipinski definition) is 0. The van der Waals surface area contributed by atoms with E-state index in [9.17, 15) is 4.79 Å². The molecule has 14 heavy (non-hydrogen) atoms. The Labute approximate surface area is 87.1 Å². The highest BCUT2D eigenvalue weighted by molar-refractivity contribution is 5.80. The van der Waals surface area contributed by atoms with Crippen LogP contribution in [0.5, 0.6) is 0 Å². The second-order valence-corrected chi connectivity index (χ2v) is 4.45. The summed E-state index contributed by atoms with van der Waals surface area (Å²) in [5, 5.41) is 0. The molecule has 0 aliphatic carbocycles. The summed E-state index contributed by atoms with van der Waals surface area (Å²) in [7, 11) is 0. The molecule has 82 valence electrons. The van der Waals surface area contributed by atoms with Crippen LogP contribution in [0.4, 0.5) is 0 Å². The van der Waals surface area contributed by atoms with Crippen LogP contribution in [0.1, 0.15) is 27.7 Å². The van der Waals surface area contributed by atoms with E-state index in [1.54, 1.807) is 6.92 Å². The summed E-state index contributed by atoms with van der Waals surface area (Å²) in [5.74, 6) is 0.281. The summed E-state index contributed by atoms with van der Waals surface area (Å²) >= 11 is 0. The molecule has 0 saturated carbocycles. The minimum Gasteiger partial charge on any atom is -0.298 e. The second-order valence-electron chi connectivity index (χ2n) is 4.45. The first kappa shape index (κ1) is 11.7.